The highest BCUT2D eigenvalue weighted by atomic mass is 35.5. The number of amides is 1. The molecule has 3 aromatic rings. The number of rotatable bonds is 5. The van der Waals surface area contributed by atoms with Gasteiger partial charge in [0.25, 0.3) is 5.91 Å². The van der Waals surface area contributed by atoms with E-state index < -0.39 is 0 Å². The first-order chi connectivity index (χ1) is 12.3. The fraction of sp³-hybridized carbons (Fsp3) is 0.263. The van der Waals surface area contributed by atoms with Gasteiger partial charge in [-0.2, -0.15) is 0 Å². The number of halogens is 2. The highest BCUT2D eigenvalue weighted by Crippen LogP contribution is 2.31. The van der Waals surface area contributed by atoms with E-state index in [1.807, 2.05) is 38.1 Å². The van der Waals surface area contributed by atoms with Crippen molar-refractivity contribution in [1.82, 2.24) is 9.88 Å². The highest BCUT2D eigenvalue weighted by molar-refractivity contribution is 7.22. The third-order valence-corrected chi connectivity index (χ3v) is 5.54. The van der Waals surface area contributed by atoms with Crippen molar-refractivity contribution in [3.63, 3.8) is 0 Å². The Balaban J connectivity index is 2.03. The zero-order valence-corrected chi connectivity index (χ0v) is 17.1. The quantitative estimate of drug-likeness (QED) is 0.588. The number of benzene rings is 2. The van der Waals surface area contributed by atoms with Gasteiger partial charge >= 0.3 is 0 Å². The third-order valence-electron chi connectivity index (χ3n) is 3.94. The van der Waals surface area contributed by atoms with Gasteiger partial charge in [0.05, 0.1) is 20.8 Å². The van der Waals surface area contributed by atoms with E-state index in [9.17, 15) is 4.79 Å². The molecule has 0 bridgehead atoms. The molecule has 0 unspecified atom stereocenters. The van der Waals surface area contributed by atoms with Crippen molar-refractivity contribution < 1.29 is 4.79 Å². The van der Waals surface area contributed by atoms with Gasteiger partial charge in [-0.05, 0) is 56.9 Å². The maximum Gasteiger partial charge on any atom is 0.261 e. The van der Waals surface area contributed by atoms with Crippen LogP contribution in [0.1, 0.15) is 15.9 Å². The van der Waals surface area contributed by atoms with Crippen LogP contribution in [0.5, 0.6) is 0 Å². The standard InChI is InChI=1S/C19H19Cl2N3OS/c1-12-4-7-16-17(10-12)26-19(22-16)24(9-8-23(2)3)18(25)14-11-13(20)5-6-15(14)21/h4-7,10-11H,8-9H2,1-3H3. The summed E-state index contributed by atoms with van der Waals surface area (Å²) >= 11 is 13.8. The number of hydrogen-bond donors (Lipinski definition) is 0. The van der Waals surface area contributed by atoms with Gasteiger partial charge in [0.15, 0.2) is 5.13 Å². The normalized spacial score (nSPS) is 11.3. The molecule has 2 aromatic carbocycles. The van der Waals surface area contributed by atoms with Crippen LogP contribution < -0.4 is 4.90 Å². The summed E-state index contributed by atoms with van der Waals surface area (Å²) in [5.74, 6) is -0.199. The maximum atomic E-state index is 13.2. The molecule has 0 saturated carbocycles. The molecule has 0 spiro atoms. The summed E-state index contributed by atoms with van der Waals surface area (Å²) in [6.45, 7) is 3.26. The van der Waals surface area contributed by atoms with Gasteiger partial charge in [-0.3, -0.25) is 9.69 Å². The lowest BCUT2D eigenvalue weighted by Gasteiger charge is -2.22. The minimum Gasteiger partial charge on any atom is -0.308 e. The molecule has 0 aliphatic heterocycles. The Bertz CT molecular complexity index is 955. The van der Waals surface area contributed by atoms with Crippen LogP contribution in [0.25, 0.3) is 10.2 Å². The van der Waals surface area contributed by atoms with Gasteiger partial charge in [0.2, 0.25) is 0 Å². The number of anilines is 1. The average molecular weight is 408 g/mol. The van der Waals surface area contributed by atoms with Crippen molar-refractivity contribution in [2.24, 2.45) is 0 Å². The summed E-state index contributed by atoms with van der Waals surface area (Å²) in [5, 5.41) is 1.52. The molecule has 4 nitrogen and oxygen atoms in total. The minimum absolute atomic E-state index is 0.199. The average Bonchev–Trinajstić information content (AvgIpc) is 2.99. The summed E-state index contributed by atoms with van der Waals surface area (Å²) in [6, 6.07) is 11.0. The van der Waals surface area contributed by atoms with Gasteiger partial charge in [0.1, 0.15) is 0 Å². The SMILES string of the molecule is Cc1ccc2nc(N(CCN(C)C)C(=O)c3cc(Cl)ccc3Cl)sc2c1. The van der Waals surface area contributed by atoms with E-state index in [1.54, 1.807) is 23.1 Å². The topological polar surface area (TPSA) is 36.4 Å². The van der Waals surface area contributed by atoms with Crippen LogP contribution in [0.3, 0.4) is 0 Å². The molecule has 0 radical (unpaired) electrons. The molecule has 7 heteroatoms. The molecule has 0 saturated heterocycles. The predicted molar refractivity (Wildman–Crippen MR) is 111 cm³/mol. The first-order valence-corrected chi connectivity index (χ1v) is 9.71. The minimum atomic E-state index is -0.199. The Hall–Kier alpha value is -1.66. The Morgan fingerprint density at radius 2 is 1.88 bits per heavy atom. The molecule has 0 atom stereocenters. The number of aryl methyl sites for hydroxylation is 1. The summed E-state index contributed by atoms with van der Waals surface area (Å²) in [4.78, 5) is 21.6. The van der Waals surface area contributed by atoms with E-state index in [4.69, 9.17) is 23.2 Å². The van der Waals surface area contributed by atoms with E-state index in [1.165, 1.54) is 11.3 Å². The smallest absolute Gasteiger partial charge is 0.261 e. The number of likely N-dealkylation sites (N-methyl/N-ethyl adjacent to an activating group) is 1. The third kappa shape index (κ3) is 4.18. The molecule has 1 amide bonds. The van der Waals surface area contributed by atoms with Crippen LogP contribution >= 0.6 is 34.5 Å². The van der Waals surface area contributed by atoms with Crippen LogP contribution in [0.4, 0.5) is 5.13 Å². The Labute approximate surface area is 167 Å². The van der Waals surface area contributed by atoms with Crippen LogP contribution in [-0.2, 0) is 0 Å². The lowest BCUT2D eigenvalue weighted by molar-refractivity contribution is 0.0985. The van der Waals surface area contributed by atoms with E-state index in [-0.39, 0.29) is 5.91 Å². The fourth-order valence-corrected chi connectivity index (χ4v) is 3.98. The number of nitrogens with zero attached hydrogens (tertiary/aromatic N) is 3. The van der Waals surface area contributed by atoms with Crippen LogP contribution in [0, 0.1) is 6.92 Å². The van der Waals surface area contributed by atoms with Crippen molar-refractivity contribution in [2.45, 2.75) is 6.92 Å². The number of thiazole rings is 1. The van der Waals surface area contributed by atoms with E-state index in [0.717, 1.165) is 15.8 Å². The molecule has 1 heterocycles. The molecule has 0 aliphatic rings. The van der Waals surface area contributed by atoms with Gasteiger partial charge in [-0.25, -0.2) is 4.98 Å². The molecule has 3 rings (SSSR count). The van der Waals surface area contributed by atoms with Crippen LogP contribution in [0.15, 0.2) is 36.4 Å². The second-order valence-electron chi connectivity index (χ2n) is 6.35. The zero-order valence-electron chi connectivity index (χ0n) is 14.8. The van der Waals surface area contributed by atoms with Crippen LogP contribution in [-0.4, -0.2) is 43.0 Å². The Kier molecular flexibility index (Phi) is 5.82. The molecular formula is C19H19Cl2N3OS. The van der Waals surface area contributed by atoms with Gasteiger partial charge in [0, 0.05) is 18.1 Å². The first-order valence-electron chi connectivity index (χ1n) is 8.14. The summed E-state index contributed by atoms with van der Waals surface area (Å²) in [5.41, 5.74) is 2.43. The molecule has 26 heavy (non-hydrogen) atoms. The fourth-order valence-electron chi connectivity index (χ4n) is 2.53. The van der Waals surface area contributed by atoms with Gasteiger partial charge < -0.3 is 4.90 Å². The number of carbonyl (C=O) groups is 1. The second-order valence-corrected chi connectivity index (χ2v) is 8.20. The van der Waals surface area contributed by atoms with Crippen molar-refractivity contribution >= 4 is 55.8 Å². The van der Waals surface area contributed by atoms with Crippen LogP contribution in [0.2, 0.25) is 10.0 Å². The predicted octanol–water partition coefficient (Wildman–Crippen LogP) is 5.12. The maximum absolute atomic E-state index is 13.2. The highest BCUT2D eigenvalue weighted by Gasteiger charge is 2.23. The summed E-state index contributed by atoms with van der Waals surface area (Å²) < 4.78 is 1.06. The lowest BCUT2D eigenvalue weighted by Crippen LogP contribution is -2.36. The summed E-state index contributed by atoms with van der Waals surface area (Å²) in [7, 11) is 3.94. The Morgan fingerprint density at radius 1 is 1.12 bits per heavy atom. The van der Waals surface area contributed by atoms with Gasteiger partial charge in [-0.15, -0.1) is 0 Å². The van der Waals surface area contributed by atoms with Crippen molar-refractivity contribution in [3.05, 3.63) is 57.6 Å². The molecule has 0 fully saturated rings. The molecular weight excluding hydrogens is 389 g/mol. The lowest BCUT2D eigenvalue weighted by atomic mass is 10.2. The van der Waals surface area contributed by atoms with Gasteiger partial charge in [-0.1, -0.05) is 40.6 Å². The molecule has 0 N–H and O–H groups in total. The molecule has 0 aliphatic carbocycles. The largest absolute Gasteiger partial charge is 0.308 e. The number of aromatic nitrogens is 1. The summed E-state index contributed by atoms with van der Waals surface area (Å²) in [6.07, 6.45) is 0. The van der Waals surface area contributed by atoms with E-state index in [0.29, 0.717) is 33.8 Å². The second kappa shape index (κ2) is 7.92. The molecule has 1 aromatic heterocycles. The number of fused-ring (bicyclic) bond motifs is 1. The monoisotopic (exact) mass is 407 g/mol. The van der Waals surface area contributed by atoms with Crippen molar-refractivity contribution in [1.29, 1.82) is 0 Å². The van der Waals surface area contributed by atoms with E-state index >= 15 is 0 Å². The molecule has 136 valence electrons. The van der Waals surface area contributed by atoms with Crippen molar-refractivity contribution in [2.75, 3.05) is 32.1 Å². The first kappa shape index (κ1) is 19.1. The van der Waals surface area contributed by atoms with Crippen molar-refractivity contribution in [3.8, 4) is 0 Å². The Morgan fingerprint density at radius 3 is 2.62 bits per heavy atom. The van der Waals surface area contributed by atoms with E-state index in [2.05, 4.69) is 11.1 Å². The number of hydrogen-bond acceptors (Lipinski definition) is 4. The zero-order chi connectivity index (χ0) is 18.8. The number of carbonyl (C=O) groups excluding carboxylic acids is 1.